The largest absolute Gasteiger partial charge is 0.494 e. The van der Waals surface area contributed by atoms with Crippen LogP contribution in [-0.4, -0.2) is 24.7 Å². The second kappa shape index (κ2) is 10.5. The van der Waals surface area contributed by atoms with E-state index in [1.807, 2.05) is 26.0 Å². The molecule has 1 N–H and O–H groups in total. The second-order valence-electron chi connectivity index (χ2n) is 6.59. The van der Waals surface area contributed by atoms with Crippen LogP contribution in [0.5, 0.6) is 11.5 Å². The quantitative estimate of drug-likeness (QED) is 0.220. The van der Waals surface area contributed by atoms with Gasteiger partial charge in [-0.15, -0.1) is 0 Å². The molecule has 7 heteroatoms. The summed E-state index contributed by atoms with van der Waals surface area (Å²) in [5.41, 5.74) is 4.96. The van der Waals surface area contributed by atoms with Crippen molar-refractivity contribution in [2.24, 2.45) is 5.10 Å². The molecular formula is C24H21BrN2O4. The Morgan fingerprint density at radius 2 is 1.68 bits per heavy atom. The van der Waals surface area contributed by atoms with E-state index in [1.165, 1.54) is 6.21 Å². The molecule has 0 aliphatic carbocycles. The van der Waals surface area contributed by atoms with Crippen LogP contribution in [0.15, 0.2) is 76.3 Å². The zero-order chi connectivity index (χ0) is 22.2. The van der Waals surface area contributed by atoms with Crippen LogP contribution < -0.4 is 14.9 Å². The number of benzene rings is 3. The molecule has 3 rings (SSSR count). The molecule has 0 aliphatic heterocycles. The van der Waals surface area contributed by atoms with Gasteiger partial charge in [0.25, 0.3) is 5.91 Å². The van der Waals surface area contributed by atoms with Gasteiger partial charge in [-0.1, -0.05) is 33.6 Å². The summed E-state index contributed by atoms with van der Waals surface area (Å²) in [6, 6.07) is 19.0. The van der Waals surface area contributed by atoms with Gasteiger partial charge in [0.15, 0.2) is 0 Å². The first-order valence-corrected chi connectivity index (χ1v) is 10.4. The Labute approximate surface area is 189 Å². The molecule has 31 heavy (non-hydrogen) atoms. The number of rotatable bonds is 7. The van der Waals surface area contributed by atoms with Crippen LogP contribution in [-0.2, 0) is 0 Å². The maximum absolute atomic E-state index is 12.5. The Kier molecular flexibility index (Phi) is 7.56. The van der Waals surface area contributed by atoms with Gasteiger partial charge in [-0.3, -0.25) is 4.79 Å². The first-order valence-electron chi connectivity index (χ1n) is 9.61. The molecule has 158 valence electrons. The number of carbonyl (C=O) groups excluding carboxylic acids is 2. The van der Waals surface area contributed by atoms with Crippen LogP contribution in [0.1, 0.15) is 38.8 Å². The molecule has 0 saturated carbocycles. The van der Waals surface area contributed by atoms with Crippen molar-refractivity contribution in [2.45, 2.75) is 13.8 Å². The Balaban J connectivity index is 1.71. The monoisotopic (exact) mass is 480 g/mol. The summed E-state index contributed by atoms with van der Waals surface area (Å²) in [6.45, 7) is 4.39. The molecule has 0 atom stereocenters. The highest BCUT2D eigenvalue weighted by Gasteiger charge is 2.12. The van der Waals surface area contributed by atoms with Gasteiger partial charge in [0.2, 0.25) is 0 Å². The number of nitrogens with zero attached hydrogens (tertiary/aromatic N) is 1. The maximum Gasteiger partial charge on any atom is 0.343 e. The van der Waals surface area contributed by atoms with Crippen LogP contribution in [0.2, 0.25) is 0 Å². The highest BCUT2D eigenvalue weighted by molar-refractivity contribution is 9.10. The average molecular weight is 481 g/mol. The van der Waals surface area contributed by atoms with E-state index in [0.717, 1.165) is 10.0 Å². The smallest absolute Gasteiger partial charge is 0.343 e. The van der Waals surface area contributed by atoms with Gasteiger partial charge in [-0.2, -0.15) is 5.10 Å². The molecule has 0 unspecified atom stereocenters. The van der Waals surface area contributed by atoms with Crippen molar-refractivity contribution in [1.82, 2.24) is 5.43 Å². The number of hydrogen-bond donors (Lipinski definition) is 1. The fraction of sp³-hybridized carbons (Fsp3) is 0.125. The number of esters is 1. The van der Waals surface area contributed by atoms with Gasteiger partial charge in [0.05, 0.1) is 18.4 Å². The molecule has 1 amide bonds. The van der Waals surface area contributed by atoms with Crippen LogP contribution in [0.4, 0.5) is 0 Å². The zero-order valence-electron chi connectivity index (χ0n) is 17.1. The topological polar surface area (TPSA) is 77.0 Å². The predicted octanol–water partition coefficient (Wildman–Crippen LogP) is 5.14. The van der Waals surface area contributed by atoms with Gasteiger partial charge < -0.3 is 9.47 Å². The summed E-state index contributed by atoms with van der Waals surface area (Å²) in [4.78, 5) is 24.7. The van der Waals surface area contributed by atoms with E-state index in [0.29, 0.717) is 34.8 Å². The Bertz CT molecular complexity index is 1090. The molecule has 0 heterocycles. The van der Waals surface area contributed by atoms with Crippen molar-refractivity contribution in [3.05, 3.63) is 93.5 Å². The fourth-order valence-corrected chi connectivity index (χ4v) is 3.03. The van der Waals surface area contributed by atoms with Crippen molar-refractivity contribution in [3.63, 3.8) is 0 Å². The summed E-state index contributed by atoms with van der Waals surface area (Å²) in [5, 5.41) is 4.00. The number of hydrazone groups is 1. The third kappa shape index (κ3) is 6.26. The zero-order valence-corrected chi connectivity index (χ0v) is 18.7. The number of nitrogens with one attached hydrogen (secondary N) is 1. The van der Waals surface area contributed by atoms with Crippen LogP contribution in [0.3, 0.4) is 0 Å². The molecule has 0 aromatic heterocycles. The van der Waals surface area contributed by atoms with Gasteiger partial charge in [-0.25, -0.2) is 10.2 Å². The molecule has 0 saturated heterocycles. The minimum atomic E-state index is -0.510. The number of amides is 1. The Morgan fingerprint density at radius 3 is 2.35 bits per heavy atom. The minimum Gasteiger partial charge on any atom is -0.494 e. The van der Waals surface area contributed by atoms with Gasteiger partial charge in [0, 0.05) is 15.6 Å². The van der Waals surface area contributed by atoms with E-state index in [1.54, 1.807) is 54.6 Å². The minimum absolute atomic E-state index is 0.315. The van der Waals surface area contributed by atoms with Crippen LogP contribution in [0.25, 0.3) is 0 Å². The average Bonchev–Trinajstić information content (AvgIpc) is 2.76. The van der Waals surface area contributed by atoms with E-state index in [9.17, 15) is 9.59 Å². The van der Waals surface area contributed by atoms with E-state index in [4.69, 9.17) is 9.47 Å². The van der Waals surface area contributed by atoms with Gasteiger partial charge in [0.1, 0.15) is 11.5 Å². The molecule has 0 spiro atoms. The summed E-state index contributed by atoms with van der Waals surface area (Å²) >= 11 is 3.39. The first-order chi connectivity index (χ1) is 15.0. The molecule has 0 radical (unpaired) electrons. The van der Waals surface area contributed by atoms with Crippen LogP contribution >= 0.6 is 15.9 Å². The predicted molar refractivity (Wildman–Crippen MR) is 123 cm³/mol. The van der Waals surface area contributed by atoms with Crippen molar-refractivity contribution < 1.29 is 19.1 Å². The summed E-state index contributed by atoms with van der Waals surface area (Å²) < 4.78 is 11.7. The summed E-state index contributed by atoms with van der Waals surface area (Å²) in [5.74, 6) is 0.151. The third-order valence-corrected chi connectivity index (χ3v) is 4.75. The van der Waals surface area contributed by atoms with Gasteiger partial charge in [-0.05, 0) is 68.4 Å². The number of ether oxygens (including phenoxy) is 2. The molecule has 6 nitrogen and oxygen atoms in total. The number of aryl methyl sites for hydroxylation is 1. The second-order valence-corrected chi connectivity index (χ2v) is 7.51. The first kappa shape index (κ1) is 22.2. The molecule has 0 aliphatic rings. The summed E-state index contributed by atoms with van der Waals surface area (Å²) in [6.07, 6.45) is 1.43. The number of carbonyl (C=O) groups is 2. The maximum atomic E-state index is 12.5. The van der Waals surface area contributed by atoms with Crippen molar-refractivity contribution in [3.8, 4) is 11.5 Å². The third-order valence-electron chi connectivity index (χ3n) is 4.26. The van der Waals surface area contributed by atoms with Crippen molar-refractivity contribution in [2.75, 3.05) is 6.61 Å². The lowest BCUT2D eigenvalue weighted by atomic mass is 10.1. The molecule has 0 bridgehead atoms. The number of halogens is 1. The highest BCUT2D eigenvalue weighted by atomic mass is 79.9. The lowest BCUT2D eigenvalue weighted by Gasteiger charge is -2.09. The summed E-state index contributed by atoms with van der Waals surface area (Å²) in [7, 11) is 0. The highest BCUT2D eigenvalue weighted by Crippen LogP contribution is 2.23. The molecule has 3 aromatic rings. The van der Waals surface area contributed by atoms with E-state index < -0.39 is 5.97 Å². The fourth-order valence-electron chi connectivity index (χ4n) is 2.66. The Morgan fingerprint density at radius 1 is 1.00 bits per heavy atom. The normalized spacial score (nSPS) is 10.7. The lowest BCUT2D eigenvalue weighted by Crippen LogP contribution is -2.17. The lowest BCUT2D eigenvalue weighted by molar-refractivity contribution is 0.0734. The van der Waals surface area contributed by atoms with Gasteiger partial charge >= 0.3 is 5.97 Å². The molecule has 0 fully saturated rings. The van der Waals surface area contributed by atoms with E-state index >= 15 is 0 Å². The van der Waals surface area contributed by atoms with Crippen molar-refractivity contribution in [1.29, 1.82) is 0 Å². The number of hydrogen-bond acceptors (Lipinski definition) is 5. The van der Waals surface area contributed by atoms with E-state index in [2.05, 4.69) is 26.5 Å². The molecule has 3 aromatic carbocycles. The van der Waals surface area contributed by atoms with Crippen LogP contribution in [0, 0.1) is 6.92 Å². The molecular weight excluding hydrogens is 460 g/mol. The SMILES string of the molecule is CCOc1ccc(C(=O)Oc2ccc(Br)cc2/C=N\NC(=O)c2ccc(C)cc2)cc1. The van der Waals surface area contributed by atoms with E-state index in [-0.39, 0.29) is 5.91 Å². The van der Waals surface area contributed by atoms with Crippen molar-refractivity contribution >= 4 is 34.0 Å². The standard InChI is InChI=1S/C24H21BrN2O4/c1-3-30-21-11-8-18(9-12-21)24(29)31-22-13-10-20(25)14-19(22)15-26-27-23(28)17-6-4-16(2)5-7-17/h4-15H,3H2,1-2H3,(H,27,28)/b26-15-. The Hall–Kier alpha value is -3.45.